The van der Waals surface area contributed by atoms with Gasteiger partial charge in [-0.1, -0.05) is 30.3 Å². The first-order chi connectivity index (χ1) is 7.90. The Kier molecular flexibility index (Phi) is 3.94. The smallest absolute Gasteiger partial charge is 0.314 e. The predicted molar refractivity (Wildman–Crippen MR) is 66.6 cm³/mol. The van der Waals surface area contributed by atoms with Gasteiger partial charge in [-0.2, -0.15) is 0 Å². The maximum absolute atomic E-state index is 11.9. The normalized spacial score (nSPS) is 15.1. The maximum atomic E-state index is 11.9. The summed E-state index contributed by atoms with van der Waals surface area (Å²) >= 11 is 0. The second kappa shape index (κ2) is 4.88. The Bertz CT molecular complexity index is 384. The van der Waals surface area contributed by atoms with Crippen LogP contribution in [0.3, 0.4) is 0 Å². The third kappa shape index (κ3) is 2.20. The van der Waals surface area contributed by atoms with Crippen molar-refractivity contribution in [2.45, 2.75) is 26.4 Å². The second-order valence-corrected chi connectivity index (χ2v) is 4.72. The zero-order valence-electron chi connectivity index (χ0n) is 11.1. The number of methoxy groups -OCH3 is 2. The zero-order valence-corrected chi connectivity index (χ0v) is 11.1. The number of carbonyl (C=O) groups is 1. The summed E-state index contributed by atoms with van der Waals surface area (Å²) in [6.07, 6.45) is 0. The lowest BCUT2D eigenvalue weighted by Crippen LogP contribution is -2.47. The molecule has 0 fully saturated rings. The molecule has 0 amide bonds. The summed E-state index contributed by atoms with van der Waals surface area (Å²) in [6, 6.07) is 9.70. The maximum Gasteiger partial charge on any atom is 0.314 e. The summed E-state index contributed by atoms with van der Waals surface area (Å²) in [6.45, 7) is 5.56. The molecule has 1 unspecified atom stereocenters. The van der Waals surface area contributed by atoms with Crippen molar-refractivity contribution in [3.8, 4) is 0 Å². The van der Waals surface area contributed by atoms with Crippen molar-refractivity contribution in [1.82, 2.24) is 0 Å². The lowest BCUT2D eigenvalue weighted by atomic mass is 9.72. The molecule has 0 aliphatic heterocycles. The van der Waals surface area contributed by atoms with E-state index >= 15 is 0 Å². The van der Waals surface area contributed by atoms with Crippen LogP contribution in [0, 0.1) is 5.41 Å². The van der Waals surface area contributed by atoms with Gasteiger partial charge in [0.2, 0.25) is 0 Å². The van der Waals surface area contributed by atoms with Crippen LogP contribution in [0.2, 0.25) is 0 Å². The Hall–Kier alpha value is -1.35. The van der Waals surface area contributed by atoms with E-state index in [9.17, 15) is 4.79 Å². The number of rotatable bonds is 4. The van der Waals surface area contributed by atoms with E-state index in [1.807, 2.05) is 51.1 Å². The van der Waals surface area contributed by atoms with Crippen LogP contribution in [-0.2, 0) is 19.9 Å². The van der Waals surface area contributed by atoms with Gasteiger partial charge in [0.1, 0.15) is 5.60 Å². The molecular formula is C14H20O3. The van der Waals surface area contributed by atoms with Gasteiger partial charge in [-0.15, -0.1) is 0 Å². The standard InChI is InChI=1S/C14H20O3/c1-13(2,12(15)16-4)14(3,17-5)11-9-7-6-8-10-11/h6-10H,1-5H3. The summed E-state index contributed by atoms with van der Waals surface area (Å²) < 4.78 is 10.5. The van der Waals surface area contributed by atoms with Crippen molar-refractivity contribution in [2.75, 3.05) is 14.2 Å². The van der Waals surface area contributed by atoms with Crippen molar-refractivity contribution in [3.63, 3.8) is 0 Å². The molecule has 0 spiro atoms. The number of hydrogen-bond acceptors (Lipinski definition) is 3. The first-order valence-corrected chi connectivity index (χ1v) is 5.59. The molecule has 0 saturated heterocycles. The van der Waals surface area contributed by atoms with Crippen LogP contribution < -0.4 is 0 Å². The van der Waals surface area contributed by atoms with Crippen LogP contribution in [0.5, 0.6) is 0 Å². The summed E-state index contributed by atoms with van der Waals surface area (Å²) in [7, 11) is 3.00. The summed E-state index contributed by atoms with van der Waals surface area (Å²) in [5.74, 6) is -0.286. The summed E-state index contributed by atoms with van der Waals surface area (Å²) in [5, 5.41) is 0. The molecule has 1 rings (SSSR count). The molecule has 94 valence electrons. The molecular weight excluding hydrogens is 216 g/mol. The molecule has 0 aliphatic carbocycles. The van der Waals surface area contributed by atoms with Gasteiger partial charge in [-0.25, -0.2) is 0 Å². The van der Waals surface area contributed by atoms with E-state index in [1.165, 1.54) is 7.11 Å². The van der Waals surface area contributed by atoms with Crippen LogP contribution in [0.1, 0.15) is 26.3 Å². The molecule has 0 bridgehead atoms. The average molecular weight is 236 g/mol. The summed E-state index contributed by atoms with van der Waals surface area (Å²) in [5.41, 5.74) is -0.531. The largest absolute Gasteiger partial charge is 0.469 e. The molecule has 0 radical (unpaired) electrons. The van der Waals surface area contributed by atoms with Crippen LogP contribution in [0.15, 0.2) is 30.3 Å². The Morgan fingerprint density at radius 3 is 2.00 bits per heavy atom. The molecule has 3 heteroatoms. The quantitative estimate of drug-likeness (QED) is 0.754. The Morgan fingerprint density at radius 1 is 1.06 bits per heavy atom. The van der Waals surface area contributed by atoms with Gasteiger partial charge < -0.3 is 9.47 Å². The summed E-state index contributed by atoms with van der Waals surface area (Å²) in [4.78, 5) is 11.9. The van der Waals surface area contributed by atoms with E-state index in [2.05, 4.69) is 0 Å². The third-order valence-electron chi connectivity index (χ3n) is 3.62. The SMILES string of the molecule is COC(=O)C(C)(C)C(C)(OC)c1ccccc1. The highest BCUT2D eigenvalue weighted by Gasteiger charge is 2.49. The van der Waals surface area contributed by atoms with E-state index < -0.39 is 11.0 Å². The van der Waals surface area contributed by atoms with E-state index in [1.54, 1.807) is 7.11 Å². The minimum atomic E-state index is -0.766. The van der Waals surface area contributed by atoms with Crippen LogP contribution >= 0.6 is 0 Å². The highest BCUT2D eigenvalue weighted by molar-refractivity contribution is 5.77. The molecule has 17 heavy (non-hydrogen) atoms. The molecule has 1 atom stereocenters. The van der Waals surface area contributed by atoms with Crippen LogP contribution in [0.25, 0.3) is 0 Å². The lowest BCUT2D eigenvalue weighted by molar-refractivity contribution is -0.172. The van der Waals surface area contributed by atoms with Gasteiger partial charge in [-0.3, -0.25) is 4.79 Å². The van der Waals surface area contributed by atoms with E-state index in [-0.39, 0.29) is 5.97 Å². The van der Waals surface area contributed by atoms with Crippen molar-refractivity contribution >= 4 is 5.97 Å². The van der Waals surface area contributed by atoms with Crippen molar-refractivity contribution in [2.24, 2.45) is 5.41 Å². The molecule has 0 aromatic heterocycles. The number of hydrogen-bond donors (Lipinski definition) is 0. The topological polar surface area (TPSA) is 35.5 Å². The lowest BCUT2D eigenvalue weighted by Gasteiger charge is -2.41. The minimum Gasteiger partial charge on any atom is -0.469 e. The fourth-order valence-corrected chi connectivity index (χ4v) is 1.94. The van der Waals surface area contributed by atoms with Crippen LogP contribution in [-0.4, -0.2) is 20.2 Å². The number of benzene rings is 1. The highest BCUT2D eigenvalue weighted by Crippen LogP contribution is 2.42. The predicted octanol–water partition coefficient (Wildman–Crippen LogP) is 2.75. The average Bonchev–Trinajstić information content (AvgIpc) is 2.37. The molecule has 0 saturated carbocycles. The van der Waals surface area contributed by atoms with Gasteiger partial charge in [-0.05, 0) is 26.3 Å². The fourth-order valence-electron chi connectivity index (χ4n) is 1.94. The Balaban J connectivity index is 3.26. The molecule has 1 aromatic rings. The number of carbonyl (C=O) groups excluding carboxylic acids is 1. The van der Waals surface area contributed by atoms with Crippen molar-refractivity contribution in [1.29, 1.82) is 0 Å². The number of esters is 1. The van der Waals surface area contributed by atoms with Gasteiger partial charge in [0.15, 0.2) is 0 Å². The second-order valence-electron chi connectivity index (χ2n) is 4.72. The van der Waals surface area contributed by atoms with Gasteiger partial charge >= 0.3 is 5.97 Å². The molecule has 0 N–H and O–H groups in total. The molecule has 0 aliphatic rings. The fraction of sp³-hybridized carbons (Fsp3) is 0.500. The minimum absolute atomic E-state index is 0.286. The zero-order chi connectivity index (χ0) is 13.1. The van der Waals surface area contributed by atoms with Crippen molar-refractivity contribution < 1.29 is 14.3 Å². The van der Waals surface area contributed by atoms with Gasteiger partial charge in [0.25, 0.3) is 0 Å². The van der Waals surface area contributed by atoms with Gasteiger partial charge in [0, 0.05) is 7.11 Å². The Labute approximate surface area is 103 Å². The van der Waals surface area contributed by atoms with E-state index in [0.29, 0.717) is 0 Å². The van der Waals surface area contributed by atoms with Crippen LogP contribution in [0.4, 0.5) is 0 Å². The van der Waals surface area contributed by atoms with E-state index in [4.69, 9.17) is 9.47 Å². The van der Waals surface area contributed by atoms with Crippen molar-refractivity contribution in [3.05, 3.63) is 35.9 Å². The monoisotopic (exact) mass is 236 g/mol. The van der Waals surface area contributed by atoms with E-state index in [0.717, 1.165) is 5.56 Å². The highest BCUT2D eigenvalue weighted by atomic mass is 16.5. The third-order valence-corrected chi connectivity index (χ3v) is 3.62. The molecule has 1 aromatic carbocycles. The first kappa shape index (κ1) is 13.7. The Morgan fingerprint density at radius 2 is 1.59 bits per heavy atom. The molecule has 0 heterocycles. The first-order valence-electron chi connectivity index (χ1n) is 5.59. The number of ether oxygens (including phenoxy) is 2. The molecule has 3 nitrogen and oxygen atoms in total. The van der Waals surface area contributed by atoms with Gasteiger partial charge in [0.05, 0.1) is 12.5 Å².